The van der Waals surface area contributed by atoms with E-state index in [1.54, 1.807) is 0 Å². The maximum absolute atomic E-state index is 10.4. The van der Waals surface area contributed by atoms with Crippen LogP contribution < -0.4 is 0 Å². The standard InChI is InChI=1S/C19H40O7S/c1-2-3-4-5-6-7-8-9-10-11-12-23-13-14-24-15-16-25-17-18-26-19-27(20,21)22/h2-19H2,1H3,(H,20,21,22). The molecule has 7 nitrogen and oxygen atoms in total. The Bertz CT molecular complexity index is 388. The Balaban J connectivity index is 3.03. The van der Waals surface area contributed by atoms with E-state index in [0.29, 0.717) is 26.4 Å². The summed E-state index contributed by atoms with van der Waals surface area (Å²) in [5.41, 5.74) is 0. The van der Waals surface area contributed by atoms with Crippen LogP contribution in [-0.4, -0.2) is 65.2 Å². The molecular formula is C19H40O7S. The van der Waals surface area contributed by atoms with Crippen molar-refractivity contribution in [1.82, 2.24) is 0 Å². The third-order valence-corrected chi connectivity index (χ3v) is 4.46. The van der Waals surface area contributed by atoms with Crippen LogP contribution in [-0.2, 0) is 29.1 Å². The van der Waals surface area contributed by atoms with E-state index < -0.39 is 16.1 Å². The topological polar surface area (TPSA) is 91.3 Å². The lowest BCUT2D eigenvalue weighted by Crippen LogP contribution is -2.14. The van der Waals surface area contributed by atoms with E-state index in [4.69, 9.17) is 23.5 Å². The molecule has 0 amide bonds. The van der Waals surface area contributed by atoms with Gasteiger partial charge in [0.2, 0.25) is 0 Å². The Morgan fingerprint density at radius 1 is 0.556 bits per heavy atom. The number of hydrogen-bond acceptors (Lipinski definition) is 6. The number of hydrogen-bond donors (Lipinski definition) is 1. The van der Waals surface area contributed by atoms with Gasteiger partial charge in [0, 0.05) is 6.61 Å². The van der Waals surface area contributed by atoms with Gasteiger partial charge in [0.05, 0.1) is 39.6 Å². The molecule has 0 aliphatic rings. The zero-order valence-corrected chi connectivity index (χ0v) is 17.8. The number of unbranched alkanes of at least 4 members (excludes halogenated alkanes) is 9. The molecule has 0 heterocycles. The molecule has 0 radical (unpaired) electrons. The highest BCUT2D eigenvalue weighted by Gasteiger charge is 2.02. The third kappa shape index (κ3) is 25.8. The highest BCUT2D eigenvalue weighted by atomic mass is 32.2. The zero-order chi connectivity index (χ0) is 20.1. The van der Waals surface area contributed by atoms with Gasteiger partial charge in [0.1, 0.15) is 0 Å². The fraction of sp³-hybridized carbons (Fsp3) is 1.00. The quantitative estimate of drug-likeness (QED) is 0.213. The second-order valence-electron chi connectivity index (χ2n) is 6.63. The van der Waals surface area contributed by atoms with Crippen LogP contribution in [0, 0.1) is 0 Å². The molecule has 0 aromatic carbocycles. The second kappa shape index (κ2) is 20.5. The van der Waals surface area contributed by atoms with Crippen molar-refractivity contribution in [2.75, 3.05) is 52.2 Å². The maximum Gasteiger partial charge on any atom is 0.289 e. The third-order valence-electron chi connectivity index (χ3n) is 3.99. The lowest BCUT2D eigenvalue weighted by Gasteiger charge is -2.07. The molecule has 0 saturated carbocycles. The van der Waals surface area contributed by atoms with Gasteiger partial charge >= 0.3 is 0 Å². The average Bonchev–Trinajstić information content (AvgIpc) is 2.62. The lowest BCUT2D eigenvalue weighted by molar-refractivity contribution is 0.00153. The first kappa shape index (κ1) is 26.8. The summed E-state index contributed by atoms with van der Waals surface area (Å²) in [7, 11) is -4.07. The van der Waals surface area contributed by atoms with Crippen molar-refractivity contribution in [2.24, 2.45) is 0 Å². The molecule has 164 valence electrons. The molecule has 0 spiro atoms. The second-order valence-corrected chi connectivity index (χ2v) is 8.03. The maximum atomic E-state index is 10.4. The van der Waals surface area contributed by atoms with Gasteiger partial charge in [0.15, 0.2) is 5.94 Å². The van der Waals surface area contributed by atoms with E-state index >= 15 is 0 Å². The molecule has 0 bridgehead atoms. The van der Waals surface area contributed by atoms with Gasteiger partial charge in [0.25, 0.3) is 10.1 Å². The van der Waals surface area contributed by atoms with Crippen molar-refractivity contribution in [3.05, 3.63) is 0 Å². The highest BCUT2D eigenvalue weighted by Crippen LogP contribution is 2.10. The molecule has 0 rings (SSSR count). The molecule has 0 aliphatic heterocycles. The summed E-state index contributed by atoms with van der Waals surface area (Å²) in [6.45, 7) is 5.42. The van der Waals surface area contributed by atoms with E-state index in [9.17, 15) is 8.42 Å². The van der Waals surface area contributed by atoms with Crippen molar-refractivity contribution in [3.63, 3.8) is 0 Å². The Morgan fingerprint density at radius 3 is 1.37 bits per heavy atom. The Labute approximate surface area is 165 Å². The normalized spacial score (nSPS) is 11.9. The fourth-order valence-electron chi connectivity index (χ4n) is 2.52. The minimum Gasteiger partial charge on any atom is -0.379 e. The van der Waals surface area contributed by atoms with Crippen LogP contribution in [0.4, 0.5) is 0 Å². The average molecular weight is 413 g/mol. The van der Waals surface area contributed by atoms with Crippen molar-refractivity contribution in [2.45, 2.75) is 71.1 Å². The van der Waals surface area contributed by atoms with Crippen molar-refractivity contribution >= 4 is 10.1 Å². The Morgan fingerprint density at radius 2 is 0.926 bits per heavy atom. The summed E-state index contributed by atoms with van der Waals surface area (Å²) in [6.07, 6.45) is 13.2. The van der Waals surface area contributed by atoms with E-state index in [2.05, 4.69) is 6.92 Å². The van der Waals surface area contributed by atoms with Gasteiger partial charge in [-0.25, -0.2) is 0 Å². The van der Waals surface area contributed by atoms with Gasteiger partial charge in [-0.2, -0.15) is 8.42 Å². The van der Waals surface area contributed by atoms with Crippen LogP contribution in [0.1, 0.15) is 71.1 Å². The largest absolute Gasteiger partial charge is 0.379 e. The van der Waals surface area contributed by atoms with Crippen molar-refractivity contribution in [1.29, 1.82) is 0 Å². The smallest absolute Gasteiger partial charge is 0.289 e. The number of rotatable bonds is 22. The summed E-state index contributed by atoms with van der Waals surface area (Å²) >= 11 is 0. The predicted molar refractivity (Wildman–Crippen MR) is 107 cm³/mol. The summed E-state index contributed by atoms with van der Waals surface area (Å²) < 4.78 is 50.0. The molecular weight excluding hydrogens is 372 g/mol. The first-order chi connectivity index (χ1) is 13.1. The molecule has 1 N–H and O–H groups in total. The summed E-state index contributed by atoms with van der Waals surface area (Å²) in [5, 5.41) is 0. The van der Waals surface area contributed by atoms with E-state index in [1.807, 2.05) is 0 Å². The van der Waals surface area contributed by atoms with Crippen LogP contribution in [0.25, 0.3) is 0 Å². The molecule has 0 unspecified atom stereocenters. The minimum absolute atomic E-state index is 0.113. The van der Waals surface area contributed by atoms with Crippen LogP contribution in [0.3, 0.4) is 0 Å². The van der Waals surface area contributed by atoms with Crippen molar-refractivity contribution < 1.29 is 31.9 Å². The first-order valence-electron chi connectivity index (χ1n) is 10.3. The summed E-state index contributed by atoms with van der Waals surface area (Å²) in [4.78, 5) is 0. The van der Waals surface area contributed by atoms with Crippen LogP contribution in [0.2, 0.25) is 0 Å². The highest BCUT2D eigenvalue weighted by molar-refractivity contribution is 7.85. The van der Waals surface area contributed by atoms with Crippen LogP contribution in [0.5, 0.6) is 0 Å². The minimum atomic E-state index is -4.07. The SMILES string of the molecule is CCCCCCCCCCCCOCCOCCOCCOCS(=O)(=O)O. The van der Waals surface area contributed by atoms with E-state index in [0.717, 1.165) is 13.0 Å². The molecule has 0 aromatic rings. The Hall–Kier alpha value is -0.250. The molecule has 0 saturated heterocycles. The summed E-state index contributed by atoms with van der Waals surface area (Å²) in [6, 6.07) is 0. The molecule has 0 atom stereocenters. The zero-order valence-electron chi connectivity index (χ0n) is 17.0. The van der Waals surface area contributed by atoms with Gasteiger partial charge in [-0.15, -0.1) is 0 Å². The van der Waals surface area contributed by atoms with E-state index in [-0.39, 0.29) is 13.2 Å². The molecule has 0 aromatic heterocycles. The lowest BCUT2D eigenvalue weighted by atomic mass is 10.1. The van der Waals surface area contributed by atoms with Crippen LogP contribution in [0.15, 0.2) is 0 Å². The Kier molecular flexibility index (Phi) is 20.3. The van der Waals surface area contributed by atoms with E-state index in [1.165, 1.54) is 57.8 Å². The van der Waals surface area contributed by atoms with Gasteiger partial charge in [-0.05, 0) is 6.42 Å². The van der Waals surface area contributed by atoms with Crippen molar-refractivity contribution in [3.8, 4) is 0 Å². The molecule has 0 aliphatic carbocycles. The number of ether oxygens (including phenoxy) is 4. The van der Waals surface area contributed by atoms with Gasteiger partial charge in [-0.1, -0.05) is 64.7 Å². The summed E-state index contributed by atoms with van der Waals surface area (Å²) in [5.74, 6) is -0.705. The van der Waals surface area contributed by atoms with Gasteiger partial charge < -0.3 is 18.9 Å². The first-order valence-corrected chi connectivity index (χ1v) is 11.9. The van der Waals surface area contributed by atoms with Crippen LogP contribution >= 0.6 is 0 Å². The molecule has 27 heavy (non-hydrogen) atoms. The fourth-order valence-corrected chi connectivity index (χ4v) is 2.84. The molecule has 8 heteroatoms. The predicted octanol–water partition coefficient (Wildman–Crippen LogP) is 3.82. The molecule has 0 fully saturated rings. The van der Waals surface area contributed by atoms with Gasteiger partial charge in [-0.3, -0.25) is 4.55 Å². The monoisotopic (exact) mass is 412 g/mol.